The molecular formula is C11H15N3. The molecule has 0 N–H and O–H groups in total. The minimum absolute atomic E-state index is 0.0643. The van der Waals surface area contributed by atoms with Crippen LogP contribution < -0.4 is 0 Å². The maximum atomic E-state index is 8.77. The van der Waals surface area contributed by atoms with E-state index >= 15 is 0 Å². The second-order valence-corrected chi connectivity index (χ2v) is 4.41. The first-order valence-corrected chi connectivity index (χ1v) is 4.68. The van der Waals surface area contributed by atoms with Gasteiger partial charge in [-0.2, -0.15) is 5.26 Å². The fourth-order valence-corrected chi connectivity index (χ4v) is 1.04. The summed E-state index contributed by atoms with van der Waals surface area (Å²) in [4.78, 5) is 8.59. The van der Waals surface area contributed by atoms with E-state index in [9.17, 15) is 0 Å². The van der Waals surface area contributed by atoms with Crippen LogP contribution in [0, 0.1) is 11.3 Å². The molecule has 0 spiro atoms. The van der Waals surface area contributed by atoms with Crippen LogP contribution in [-0.2, 0) is 5.41 Å². The minimum atomic E-state index is -0.168. The monoisotopic (exact) mass is 189 g/mol. The van der Waals surface area contributed by atoms with E-state index in [1.165, 1.54) is 0 Å². The van der Waals surface area contributed by atoms with Crippen molar-refractivity contribution in [3.05, 3.63) is 23.8 Å². The van der Waals surface area contributed by atoms with Gasteiger partial charge in [-0.15, -0.1) is 0 Å². The molecular weight excluding hydrogens is 174 g/mol. The normalized spacial score (nSPS) is 13.4. The minimum Gasteiger partial charge on any atom is -0.241 e. The molecule has 74 valence electrons. The van der Waals surface area contributed by atoms with E-state index in [0.717, 1.165) is 11.5 Å². The van der Waals surface area contributed by atoms with E-state index in [2.05, 4.69) is 36.8 Å². The van der Waals surface area contributed by atoms with Crippen LogP contribution in [-0.4, -0.2) is 9.97 Å². The van der Waals surface area contributed by atoms with Crippen LogP contribution in [0.3, 0.4) is 0 Å². The fourth-order valence-electron chi connectivity index (χ4n) is 1.04. The van der Waals surface area contributed by atoms with Gasteiger partial charge in [-0.3, -0.25) is 0 Å². The third-order valence-corrected chi connectivity index (χ3v) is 1.99. The average molecular weight is 189 g/mol. The van der Waals surface area contributed by atoms with Crippen molar-refractivity contribution < 1.29 is 0 Å². The number of hydrogen-bond acceptors (Lipinski definition) is 3. The first-order chi connectivity index (χ1) is 6.45. The van der Waals surface area contributed by atoms with Crippen molar-refractivity contribution in [2.24, 2.45) is 0 Å². The van der Waals surface area contributed by atoms with Crippen LogP contribution in [0.25, 0.3) is 0 Å². The predicted molar refractivity (Wildman–Crippen MR) is 54.8 cm³/mol. The van der Waals surface area contributed by atoms with Crippen LogP contribution in [0.5, 0.6) is 0 Å². The summed E-state index contributed by atoms with van der Waals surface area (Å²) in [7, 11) is 0. The third kappa shape index (κ3) is 2.29. The van der Waals surface area contributed by atoms with E-state index < -0.39 is 0 Å². The van der Waals surface area contributed by atoms with Crippen LogP contribution in [0.15, 0.2) is 12.3 Å². The van der Waals surface area contributed by atoms with Crippen molar-refractivity contribution in [3.8, 4) is 6.07 Å². The Morgan fingerprint density at radius 2 is 2.07 bits per heavy atom. The Balaban J connectivity index is 3.09. The number of hydrogen-bond donors (Lipinski definition) is 0. The Labute approximate surface area is 84.8 Å². The molecule has 0 amide bonds. The van der Waals surface area contributed by atoms with Gasteiger partial charge in [0.25, 0.3) is 0 Å². The van der Waals surface area contributed by atoms with E-state index in [4.69, 9.17) is 5.26 Å². The molecule has 1 rings (SSSR count). The van der Waals surface area contributed by atoms with Crippen molar-refractivity contribution in [2.45, 2.75) is 39.0 Å². The molecule has 3 nitrogen and oxygen atoms in total. The molecule has 1 unspecified atom stereocenters. The molecule has 0 aliphatic heterocycles. The van der Waals surface area contributed by atoms with Crippen LogP contribution >= 0.6 is 0 Å². The first-order valence-electron chi connectivity index (χ1n) is 4.68. The smallest absolute Gasteiger partial charge is 0.133 e. The largest absolute Gasteiger partial charge is 0.241 e. The van der Waals surface area contributed by atoms with Gasteiger partial charge in [-0.1, -0.05) is 20.8 Å². The third-order valence-electron chi connectivity index (χ3n) is 1.99. The molecule has 1 atom stereocenters. The Hall–Kier alpha value is -1.43. The van der Waals surface area contributed by atoms with Gasteiger partial charge in [0.1, 0.15) is 5.82 Å². The fraction of sp³-hybridized carbons (Fsp3) is 0.545. The molecule has 0 bridgehead atoms. The summed E-state index contributed by atoms with van der Waals surface area (Å²) in [6.07, 6.45) is 1.72. The van der Waals surface area contributed by atoms with Gasteiger partial charge in [0.15, 0.2) is 0 Å². The lowest BCUT2D eigenvalue weighted by molar-refractivity contribution is 0.540. The lowest BCUT2D eigenvalue weighted by Gasteiger charge is -2.17. The molecule has 1 heterocycles. The van der Waals surface area contributed by atoms with Crippen molar-refractivity contribution in [1.29, 1.82) is 5.26 Å². The first kappa shape index (κ1) is 10.6. The Morgan fingerprint density at radius 1 is 1.43 bits per heavy atom. The summed E-state index contributed by atoms with van der Waals surface area (Å²) >= 11 is 0. The van der Waals surface area contributed by atoms with Gasteiger partial charge in [0.2, 0.25) is 0 Å². The van der Waals surface area contributed by atoms with Gasteiger partial charge < -0.3 is 0 Å². The van der Waals surface area contributed by atoms with Gasteiger partial charge >= 0.3 is 0 Å². The zero-order valence-corrected chi connectivity index (χ0v) is 9.07. The molecule has 3 heteroatoms. The maximum Gasteiger partial charge on any atom is 0.133 e. The van der Waals surface area contributed by atoms with E-state index in [0.29, 0.717) is 0 Å². The van der Waals surface area contributed by atoms with Crippen LogP contribution in [0.2, 0.25) is 0 Å². The van der Waals surface area contributed by atoms with Crippen molar-refractivity contribution in [2.75, 3.05) is 0 Å². The summed E-state index contributed by atoms with van der Waals surface area (Å²) in [6.45, 7) is 8.02. The van der Waals surface area contributed by atoms with Gasteiger partial charge in [0, 0.05) is 11.6 Å². The zero-order valence-electron chi connectivity index (χ0n) is 9.07. The zero-order chi connectivity index (χ0) is 10.8. The van der Waals surface area contributed by atoms with Gasteiger partial charge in [-0.05, 0) is 13.0 Å². The molecule has 1 aromatic heterocycles. The van der Waals surface area contributed by atoms with E-state index in [1.54, 1.807) is 12.3 Å². The molecule has 0 fully saturated rings. The highest BCUT2D eigenvalue weighted by molar-refractivity contribution is 5.16. The van der Waals surface area contributed by atoms with Gasteiger partial charge in [-0.25, -0.2) is 9.97 Å². The van der Waals surface area contributed by atoms with Crippen LogP contribution in [0.4, 0.5) is 0 Å². The van der Waals surface area contributed by atoms with Crippen molar-refractivity contribution in [3.63, 3.8) is 0 Å². The molecule has 0 aliphatic carbocycles. The quantitative estimate of drug-likeness (QED) is 0.681. The summed E-state index contributed by atoms with van der Waals surface area (Å²) in [5, 5.41) is 8.77. The van der Waals surface area contributed by atoms with Crippen LogP contribution in [0.1, 0.15) is 45.1 Å². The molecule has 0 aromatic carbocycles. The lowest BCUT2D eigenvalue weighted by atomic mass is 9.95. The maximum absolute atomic E-state index is 8.77. The number of nitriles is 1. The lowest BCUT2D eigenvalue weighted by Crippen LogP contribution is -2.17. The second kappa shape index (κ2) is 3.75. The Kier molecular flexibility index (Phi) is 2.85. The van der Waals surface area contributed by atoms with E-state index in [-0.39, 0.29) is 11.3 Å². The molecule has 0 aliphatic rings. The Bertz CT molecular complexity index is 358. The highest BCUT2D eigenvalue weighted by Crippen LogP contribution is 2.19. The SMILES string of the molecule is CC(C#N)c1ccnc(C(C)(C)C)n1. The molecule has 0 saturated heterocycles. The highest BCUT2D eigenvalue weighted by Gasteiger charge is 2.18. The summed E-state index contributed by atoms with van der Waals surface area (Å²) in [5.41, 5.74) is 0.734. The molecule has 1 aromatic rings. The summed E-state index contributed by atoms with van der Waals surface area (Å²) in [6, 6.07) is 3.96. The number of rotatable bonds is 1. The number of nitrogens with zero attached hydrogens (tertiary/aromatic N) is 3. The van der Waals surface area contributed by atoms with Crippen molar-refractivity contribution in [1.82, 2.24) is 9.97 Å². The topological polar surface area (TPSA) is 49.6 Å². The van der Waals surface area contributed by atoms with Gasteiger partial charge in [0.05, 0.1) is 17.7 Å². The average Bonchev–Trinajstić information content (AvgIpc) is 2.15. The molecule has 14 heavy (non-hydrogen) atoms. The van der Waals surface area contributed by atoms with Crippen molar-refractivity contribution >= 4 is 0 Å². The molecule has 0 radical (unpaired) electrons. The highest BCUT2D eigenvalue weighted by atomic mass is 14.9. The molecule has 0 saturated carbocycles. The Morgan fingerprint density at radius 3 is 2.57 bits per heavy atom. The summed E-state index contributed by atoms with van der Waals surface area (Å²) < 4.78 is 0. The number of aromatic nitrogens is 2. The second-order valence-electron chi connectivity index (χ2n) is 4.41. The summed E-state index contributed by atoms with van der Waals surface area (Å²) in [5.74, 6) is 0.621. The standard InChI is InChI=1S/C11H15N3/c1-8(7-12)9-5-6-13-10(14-9)11(2,3)4/h5-6,8H,1-4H3. The predicted octanol–water partition coefficient (Wildman–Crippen LogP) is 2.40. The van der Waals surface area contributed by atoms with E-state index in [1.807, 2.05) is 6.92 Å².